The minimum atomic E-state index is 0. The van der Waals surface area contributed by atoms with Gasteiger partial charge in [-0.15, -0.1) is 24.0 Å². The van der Waals surface area contributed by atoms with Gasteiger partial charge >= 0.3 is 0 Å². The monoisotopic (exact) mass is 391 g/mol. The van der Waals surface area contributed by atoms with Crippen LogP contribution >= 0.6 is 24.0 Å². The van der Waals surface area contributed by atoms with Gasteiger partial charge < -0.3 is 10.2 Å². The zero-order valence-corrected chi connectivity index (χ0v) is 15.0. The Kier molecular flexibility index (Phi) is 7.32. The van der Waals surface area contributed by atoms with Crippen LogP contribution in [-0.2, 0) is 13.5 Å². The first kappa shape index (κ1) is 17.3. The Bertz CT molecular complexity index is 429. The highest BCUT2D eigenvalue weighted by atomic mass is 127. The van der Waals surface area contributed by atoms with Crippen LogP contribution in [0.3, 0.4) is 0 Å². The molecule has 1 atom stereocenters. The van der Waals surface area contributed by atoms with Gasteiger partial charge in [-0.25, -0.2) is 0 Å². The van der Waals surface area contributed by atoms with Crippen molar-refractivity contribution in [2.24, 2.45) is 18.0 Å². The largest absolute Gasteiger partial charge is 0.356 e. The number of nitrogens with one attached hydrogen (secondary N) is 1. The lowest BCUT2D eigenvalue weighted by molar-refractivity contribution is 0.266. The van der Waals surface area contributed by atoms with Crippen LogP contribution in [0, 0.1) is 5.92 Å². The maximum absolute atomic E-state index is 4.39. The second-order valence-corrected chi connectivity index (χ2v) is 5.44. The molecule has 0 spiro atoms. The second kappa shape index (κ2) is 8.49. The van der Waals surface area contributed by atoms with Gasteiger partial charge in [0.2, 0.25) is 0 Å². The van der Waals surface area contributed by atoms with Gasteiger partial charge in [0.1, 0.15) is 0 Å². The Labute approximate surface area is 138 Å². The van der Waals surface area contributed by atoms with E-state index in [4.69, 9.17) is 0 Å². The van der Waals surface area contributed by atoms with E-state index in [-0.39, 0.29) is 24.0 Å². The lowest BCUT2D eigenvalue weighted by Crippen LogP contribution is -2.46. The van der Waals surface area contributed by atoms with E-state index in [0.717, 1.165) is 37.9 Å². The molecule has 0 radical (unpaired) electrons. The molecule has 1 fully saturated rings. The summed E-state index contributed by atoms with van der Waals surface area (Å²) in [6.07, 6.45) is 7.57. The summed E-state index contributed by atoms with van der Waals surface area (Å²) in [6, 6.07) is 0. The van der Waals surface area contributed by atoms with Crippen molar-refractivity contribution < 1.29 is 0 Å². The summed E-state index contributed by atoms with van der Waals surface area (Å²) < 4.78 is 1.84. The molecule has 1 unspecified atom stereocenters. The highest BCUT2D eigenvalue weighted by molar-refractivity contribution is 14.0. The topological polar surface area (TPSA) is 45.5 Å². The van der Waals surface area contributed by atoms with Crippen LogP contribution in [0.1, 0.15) is 25.3 Å². The fourth-order valence-corrected chi connectivity index (χ4v) is 2.63. The lowest BCUT2D eigenvalue weighted by Gasteiger charge is -2.33. The van der Waals surface area contributed by atoms with Crippen molar-refractivity contribution in [3.63, 3.8) is 0 Å². The number of likely N-dealkylation sites (tertiary alicyclic amines) is 1. The summed E-state index contributed by atoms with van der Waals surface area (Å²) >= 11 is 0. The highest BCUT2D eigenvalue weighted by Crippen LogP contribution is 2.15. The van der Waals surface area contributed by atoms with Crippen LogP contribution in [0.5, 0.6) is 0 Å². The third-order valence-electron chi connectivity index (χ3n) is 3.62. The molecule has 2 heterocycles. The van der Waals surface area contributed by atoms with Crippen molar-refractivity contribution >= 4 is 29.9 Å². The Morgan fingerprint density at radius 2 is 2.35 bits per heavy atom. The number of aryl methyl sites for hydroxylation is 1. The normalized spacial score (nSPS) is 19.6. The maximum atomic E-state index is 4.39. The standard InChI is InChI=1S/C14H25N5.HI/c1-12-5-4-8-19(10-12)14(15-2)16-7-6-13-9-17-18(3)11-13;/h9,11-12H,4-8,10H2,1-3H3,(H,15,16);1H. The summed E-state index contributed by atoms with van der Waals surface area (Å²) in [5, 5.41) is 7.64. The number of halogens is 1. The van der Waals surface area contributed by atoms with Crippen LogP contribution in [0.15, 0.2) is 17.4 Å². The number of hydrogen-bond donors (Lipinski definition) is 1. The Balaban J connectivity index is 0.00000200. The van der Waals surface area contributed by atoms with Gasteiger partial charge in [0.25, 0.3) is 0 Å². The summed E-state index contributed by atoms with van der Waals surface area (Å²) in [7, 11) is 3.82. The van der Waals surface area contributed by atoms with Crippen molar-refractivity contribution in [2.75, 3.05) is 26.7 Å². The van der Waals surface area contributed by atoms with Crippen molar-refractivity contribution in [1.29, 1.82) is 0 Å². The van der Waals surface area contributed by atoms with Crippen LogP contribution < -0.4 is 5.32 Å². The molecule has 1 saturated heterocycles. The van der Waals surface area contributed by atoms with Gasteiger partial charge in [-0.2, -0.15) is 5.10 Å². The molecule has 6 heteroatoms. The van der Waals surface area contributed by atoms with Gasteiger partial charge in [0, 0.05) is 39.9 Å². The molecule has 0 saturated carbocycles. The van der Waals surface area contributed by atoms with E-state index in [1.165, 1.54) is 18.4 Å². The van der Waals surface area contributed by atoms with Gasteiger partial charge in [0.15, 0.2) is 5.96 Å². The molecule has 5 nitrogen and oxygen atoms in total. The van der Waals surface area contributed by atoms with Crippen molar-refractivity contribution in [1.82, 2.24) is 20.0 Å². The SMILES string of the molecule is CN=C(NCCc1cnn(C)c1)N1CCCC(C)C1.I. The zero-order chi connectivity index (χ0) is 13.7. The molecule has 20 heavy (non-hydrogen) atoms. The van der Waals surface area contributed by atoms with Crippen molar-refractivity contribution in [2.45, 2.75) is 26.2 Å². The predicted molar refractivity (Wildman–Crippen MR) is 93.7 cm³/mol. The summed E-state index contributed by atoms with van der Waals surface area (Å²) in [5.74, 6) is 1.81. The predicted octanol–water partition coefficient (Wildman–Crippen LogP) is 1.89. The summed E-state index contributed by atoms with van der Waals surface area (Å²) in [6.45, 7) is 5.46. The highest BCUT2D eigenvalue weighted by Gasteiger charge is 2.18. The molecule has 114 valence electrons. The van der Waals surface area contributed by atoms with Gasteiger partial charge in [-0.05, 0) is 30.7 Å². The molecule has 0 aromatic carbocycles. The molecule has 1 aromatic heterocycles. The second-order valence-electron chi connectivity index (χ2n) is 5.44. The van der Waals surface area contributed by atoms with Gasteiger partial charge in [-0.3, -0.25) is 9.67 Å². The lowest BCUT2D eigenvalue weighted by atomic mass is 10.0. The number of aliphatic imine (C=N–C) groups is 1. The molecule has 2 rings (SSSR count). The van der Waals surface area contributed by atoms with E-state index in [0.29, 0.717) is 0 Å². The molecule has 0 bridgehead atoms. The third kappa shape index (κ3) is 4.96. The fourth-order valence-electron chi connectivity index (χ4n) is 2.63. The number of hydrogen-bond acceptors (Lipinski definition) is 2. The van der Waals surface area contributed by atoms with Crippen molar-refractivity contribution in [3.8, 4) is 0 Å². The van der Waals surface area contributed by atoms with E-state index in [2.05, 4.69) is 33.4 Å². The Hall–Kier alpha value is -0.790. The molecular weight excluding hydrogens is 365 g/mol. The first-order valence-corrected chi connectivity index (χ1v) is 7.12. The number of rotatable bonds is 3. The Morgan fingerprint density at radius 3 is 2.95 bits per heavy atom. The van der Waals surface area contributed by atoms with Gasteiger partial charge in [-0.1, -0.05) is 6.92 Å². The molecule has 0 amide bonds. The molecule has 1 aromatic rings. The van der Waals surface area contributed by atoms with Crippen LogP contribution in [-0.4, -0.2) is 47.3 Å². The number of guanidine groups is 1. The van der Waals surface area contributed by atoms with E-state index < -0.39 is 0 Å². The van der Waals surface area contributed by atoms with Crippen LogP contribution in [0.2, 0.25) is 0 Å². The summed E-state index contributed by atoms with van der Waals surface area (Å²) in [5.41, 5.74) is 1.26. The Morgan fingerprint density at radius 1 is 1.55 bits per heavy atom. The third-order valence-corrected chi connectivity index (χ3v) is 3.62. The zero-order valence-electron chi connectivity index (χ0n) is 12.7. The van der Waals surface area contributed by atoms with Crippen LogP contribution in [0.4, 0.5) is 0 Å². The fraction of sp³-hybridized carbons (Fsp3) is 0.714. The van der Waals surface area contributed by atoms with Gasteiger partial charge in [0.05, 0.1) is 6.20 Å². The maximum Gasteiger partial charge on any atom is 0.193 e. The quantitative estimate of drug-likeness (QED) is 0.486. The van der Waals surface area contributed by atoms with E-state index in [1.54, 1.807) is 0 Å². The van der Waals surface area contributed by atoms with E-state index in [9.17, 15) is 0 Å². The summed E-state index contributed by atoms with van der Waals surface area (Å²) in [4.78, 5) is 6.77. The minimum absolute atomic E-state index is 0. The molecule has 1 aliphatic heterocycles. The molecule has 0 aliphatic carbocycles. The molecular formula is C14H26IN5. The smallest absolute Gasteiger partial charge is 0.193 e. The number of aromatic nitrogens is 2. The van der Waals surface area contributed by atoms with Crippen LogP contribution in [0.25, 0.3) is 0 Å². The first-order chi connectivity index (χ1) is 9.19. The minimum Gasteiger partial charge on any atom is -0.356 e. The average molecular weight is 391 g/mol. The van der Waals surface area contributed by atoms with E-state index >= 15 is 0 Å². The first-order valence-electron chi connectivity index (χ1n) is 7.12. The molecule has 1 N–H and O–H groups in total. The average Bonchev–Trinajstić information content (AvgIpc) is 2.80. The van der Waals surface area contributed by atoms with Crippen molar-refractivity contribution in [3.05, 3.63) is 18.0 Å². The van der Waals surface area contributed by atoms with E-state index in [1.807, 2.05) is 25.0 Å². The number of nitrogens with zero attached hydrogens (tertiary/aromatic N) is 4. The molecule has 1 aliphatic rings. The number of piperidine rings is 1.